The van der Waals surface area contributed by atoms with E-state index in [2.05, 4.69) is 21.6 Å². The molecule has 0 spiro atoms. The summed E-state index contributed by atoms with van der Waals surface area (Å²) in [5.41, 5.74) is 2.93. The quantitative estimate of drug-likeness (QED) is 0.541. The van der Waals surface area contributed by atoms with E-state index in [-0.39, 0.29) is 17.8 Å². The van der Waals surface area contributed by atoms with Crippen LogP contribution in [0.3, 0.4) is 0 Å². The molecule has 0 aliphatic carbocycles. The van der Waals surface area contributed by atoms with Crippen LogP contribution in [-0.2, 0) is 11.8 Å². The number of methoxy groups -OCH3 is 1. The maximum atomic E-state index is 12.3. The Morgan fingerprint density at radius 3 is 2.57 bits per heavy atom. The fourth-order valence-electron chi connectivity index (χ4n) is 3.13. The van der Waals surface area contributed by atoms with Crippen molar-refractivity contribution in [2.45, 2.75) is 32.0 Å². The number of benzene rings is 2. The van der Waals surface area contributed by atoms with E-state index in [4.69, 9.17) is 9.47 Å². The van der Waals surface area contributed by atoms with Crippen LogP contribution in [0.25, 0.3) is 0 Å². The van der Waals surface area contributed by atoms with Gasteiger partial charge in [0, 0.05) is 7.05 Å². The van der Waals surface area contributed by atoms with Gasteiger partial charge in [0.2, 0.25) is 5.91 Å². The molecule has 1 aromatic heterocycles. The highest BCUT2D eigenvalue weighted by Crippen LogP contribution is 2.26. The maximum absolute atomic E-state index is 12.3. The molecule has 2 aromatic carbocycles. The Bertz CT molecular complexity index is 1010. The molecule has 158 valence electrons. The van der Waals surface area contributed by atoms with Gasteiger partial charge < -0.3 is 19.4 Å². The highest BCUT2D eigenvalue weighted by Gasteiger charge is 2.18. The highest BCUT2D eigenvalue weighted by atomic mass is 32.2. The lowest BCUT2D eigenvalue weighted by molar-refractivity contribution is -0.113. The van der Waals surface area contributed by atoms with Crippen LogP contribution in [0, 0.1) is 13.8 Å². The Kier molecular flexibility index (Phi) is 6.99. The molecular formula is C22H26N4O3S. The molecule has 0 bridgehead atoms. The topological polar surface area (TPSA) is 78.3 Å². The fourth-order valence-corrected chi connectivity index (χ4v) is 3.85. The van der Waals surface area contributed by atoms with Crippen molar-refractivity contribution in [2.75, 3.05) is 18.2 Å². The lowest BCUT2D eigenvalue weighted by atomic mass is 10.1. The van der Waals surface area contributed by atoms with Gasteiger partial charge in [-0.15, -0.1) is 10.2 Å². The van der Waals surface area contributed by atoms with Crippen molar-refractivity contribution in [1.82, 2.24) is 14.8 Å². The van der Waals surface area contributed by atoms with E-state index in [0.717, 1.165) is 16.9 Å². The smallest absolute Gasteiger partial charge is 0.234 e. The average molecular weight is 427 g/mol. The lowest BCUT2D eigenvalue weighted by Gasteiger charge is -2.15. The van der Waals surface area contributed by atoms with Gasteiger partial charge >= 0.3 is 0 Å². The number of nitrogens with one attached hydrogen (secondary N) is 1. The zero-order valence-corrected chi connectivity index (χ0v) is 18.6. The molecule has 0 fully saturated rings. The molecule has 0 radical (unpaired) electrons. The minimum Gasteiger partial charge on any atom is -0.495 e. The number of aryl methyl sites for hydroxylation is 2. The van der Waals surface area contributed by atoms with E-state index in [0.29, 0.717) is 22.4 Å². The summed E-state index contributed by atoms with van der Waals surface area (Å²) in [6, 6.07) is 13.4. The van der Waals surface area contributed by atoms with E-state index in [9.17, 15) is 4.79 Å². The number of rotatable bonds is 8. The van der Waals surface area contributed by atoms with Gasteiger partial charge in [0.05, 0.1) is 18.6 Å². The normalized spacial score (nSPS) is 11.8. The molecule has 1 amide bonds. The molecule has 0 aliphatic heterocycles. The number of aromatic nitrogens is 3. The van der Waals surface area contributed by atoms with E-state index in [1.807, 2.05) is 56.7 Å². The van der Waals surface area contributed by atoms with Crippen molar-refractivity contribution in [3.63, 3.8) is 0 Å². The number of hydrogen-bond acceptors (Lipinski definition) is 6. The van der Waals surface area contributed by atoms with Crippen molar-refractivity contribution in [3.05, 3.63) is 59.4 Å². The zero-order valence-electron chi connectivity index (χ0n) is 17.8. The van der Waals surface area contributed by atoms with Crippen molar-refractivity contribution < 1.29 is 14.3 Å². The van der Waals surface area contributed by atoms with Gasteiger partial charge in [0.1, 0.15) is 11.5 Å². The standard InChI is InChI=1S/C22H26N4O3S/c1-14-10-15(2)12-17(11-14)29-16(3)21-24-25-22(26(21)4)30-13-20(27)23-18-8-6-7-9-19(18)28-5/h6-12,16H,13H2,1-5H3,(H,23,27). The zero-order chi connectivity index (χ0) is 21.7. The lowest BCUT2D eigenvalue weighted by Crippen LogP contribution is -2.15. The molecule has 1 heterocycles. The number of amides is 1. The summed E-state index contributed by atoms with van der Waals surface area (Å²) in [7, 11) is 3.44. The highest BCUT2D eigenvalue weighted by molar-refractivity contribution is 7.99. The van der Waals surface area contributed by atoms with Gasteiger partial charge in [-0.25, -0.2) is 0 Å². The second-order valence-electron chi connectivity index (χ2n) is 7.02. The summed E-state index contributed by atoms with van der Waals surface area (Å²) in [5, 5.41) is 12.0. The van der Waals surface area contributed by atoms with Crippen molar-refractivity contribution >= 4 is 23.4 Å². The Hall–Kier alpha value is -3.00. The summed E-state index contributed by atoms with van der Waals surface area (Å²) in [6.45, 7) is 6.01. The van der Waals surface area contributed by atoms with Crippen LogP contribution in [0.15, 0.2) is 47.6 Å². The second kappa shape index (κ2) is 9.67. The first-order valence-electron chi connectivity index (χ1n) is 9.57. The largest absolute Gasteiger partial charge is 0.495 e. The number of ether oxygens (including phenoxy) is 2. The Morgan fingerprint density at radius 1 is 1.17 bits per heavy atom. The number of nitrogens with zero attached hydrogens (tertiary/aromatic N) is 3. The first kappa shape index (κ1) is 21.7. The van der Waals surface area contributed by atoms with Gasteiger partial charge in [0.25, 0.3) is 0 Å². The van der Waals surface area contributed by atoms with Gasteiger partial charge in [-0.3, -0.25) is 4.79 Å². The molecule has 1 atom stereocenters. The number of hydrogen-bond donors (Lipinski definition) is 1. The first-order valence-corrected chi connectivity index (χ1v) is 10.6. The molecule has 0 saturated heterocycles. The molecular weight excluding hydrogens is 400 g/mol. The molecule has 7 nitrogen and oxygen atoms in total. The number of carbonyl (C=O) groups excluding carboxylic acids is 1. The summed E-state index contributed by atoms with van der Waals surface area (Å²) < 4.78 is 13.2. The number of para-hydroxylation sites is 2. The van der Waals surface area contributed by atoms with Gasteiger partial charge in [-0.1, -0.05) is 30.0 Å². The number of thioether (sulfide) groups is 1. The maximum Gasteiger partial charge on any atom is 0.234 e. The molecule has 3 rings (SSSR count). The average Bonchev–Trinajstić information content (AvgIpc) is 3.06. The third kappa shape index (κ3) is 5.33. The third-order valence-electron chi connectivity index (χ3n) is 4.45. The monoisotopic (exact) mass is 426 g/mol. The number of anilines is 1. The Labute approximate surface area is 180 Å². The molecule has 3 aromatic rings. The third-order valence-corrected chi connectivity index (χ3v) is 5.47. The van der Waals surface area contributed by atoms with Crippen molar-refractivity contribution in [3.8, 4) is 11.5 Å². The summed E-state index contributed by atoms with van der Waals surface area (Å²) >= 11 is 1.32. The predicted octanol–water partition coefficient (Wildman–Crippen LogP) is 4.31. The Morgan fingerprint density at radius 2 is 1.87 bits per heavy atom. The minimum atomic E-state index is -0.277. The van der Waals surface area contributed by atoms with E-state index < -0.39 is 0 Å². The second-order valence-corrected chi connectivity index (χ2v) is 7.96. The Balaban J connectivity index is 1.61. The van der Waals surface area contributed by atoms with Crippen LogP contribution in [-0.4, -0.2) is 33.5 Å². The molecule has 8 heteroatoms. The van der Waals surface area contributed by atoms with Crippen LogP contribution in [0.5, 0.6) is 11.5 Å². The molecule has 1 unspecified atom stereocenters. The van der Waals surface area contributed by atoms with Gasteiger partial charge in [-0.05, 0) is 56.2 Å². The van der Waals surface area contributed by atoms with Crippen LogP contribution in [0.2, 0.25) is 0 Å². The molecule has 30 heavy (non-hydrogen) atoms. The van der Waals surface area contributed by atoms with Crippen LogP contribution in [0.1, 0.15) is 30.0 Å². The van der Waals surface area contributed by atoms with Crippen molar-refractivity contribution in [1.29, 1.82) is 0 Å². The SMILES string of the molecule is COc1ccccc1NC(=O)CSc1nnc(C(C)Oc2cc(C)cc(C)c2)n1C. The fraction of sp³-hybridized carbons (Fsp3) is 0.318. The summed E-state index contributed by atoms with van der Waals surface area (Å²) in [4.78, 5) is 12.3. The summed E-state index contributed by atoms with van der Waals surface area (Å²) in [5.74, 6) is 2.17. The minimum absolute atomic E-state index is 0.145. The van der Waals surface area contributed by atoms with Crippen LogP contribution >= 0.6 is 11.8 Å². The molecule has 1 N–H and O–H groups in total. The first-order chi connectivity index (χ1) is 14.4. The van der Waals surface area contributed by atoms with Gasteiger partial charge in [0.15, 0.2) is 17.1 Å². The number of carbonyl (C=O) groups is 1. The van der Waals surface area contributed by atoms with Crippen molar-refractivity contribution in [2.24, 2.45) is 7.05 Å². The van der Waals surface area contributed by atoms with E-state index in [1.165, 1.54) is 11.8 Å². The molecule has 0 saturated carbocycles. The van der Waals surface area contributed by atoms with Crippen LogP contribution < -0.4 is 14.8 Å². The molecule has 0 aliphatic rings. The van der Waals surface area contributed by atoms with E-state index in [1.54, 1.807) is 19.2 Å². The van der Waals surface area contributed by atoms with E-state index >= 15 is 0 Å². The van der Waals surface area contributed by atoms with Gasteiger partial charge in [-0.2, -0.15) is 0 Å². The van der Waals surface area contributed by atoms with Crippen LogP contribution in [0.4, 0.5) is 5.69 Å². The summed E-state index contributed by atoms with van der Waals surface area (Å²) in [6.07, 6.45) is -0.277. The predicted molar refractivity (Wildman–Crippen MR) is 118 cm³/mol.